The minimum Gasteiger partial charge on any atom is -0.480 e. The molecule has 1 amide bonds. The van der Waals surface area contributed by atoms with Gasteiger partial charge >= 0.3 is 5.97 Å². The first-order chi connectivity index (χ1) is 11.0. The van der Waals surface area contributed by atoms with Crippen LogP contribution >= 0.6 is 0 Å². The molecule has 122 valence electrons. The molecule has 0 saturated carbocycles. The van der Waals surface area contributed by atoms with Gasteiger partial charge in [0.25, 0.3) is 0 Å². The summed E-state index contributed by atoms with van der Waals surface area (Å²) in [5.74, 6) is -0.945. The molecular formula is C15H19N5O3. The molecule has 1 heterocycles. The van der Waals surface area contributed by atoms with E-state index < -0.39 is 17.9 Å². The zero-order chi connectivity index (χ0) is 16.8. The van der Waals surface area contributed by atoms with E-state index in [9.17, 15) is 9.59 Å². The van der Waals surface area contributed by atoms with Crippen molar-refractivity contribution in [2.45, 2.75) is 32.9 Å². The van der Waals surface area contributed by atoms with Crippen LogP contribution in [0.15, 0.2) is 30.3 Å². The van der Waals surface area contributed by atoms with E-state index in [2.05, 4.69) is 20.7 Å². The molecule has 0 unspecified atom stereocenters. The summed E-state index contributed by atoms with van der Waals surface area (Å²) in [6.45, 7) is 3.61. The summed E-state index contributed by atoms with van der Waals surface area (Å²) in [6.07, 6.45) is 0.362. The highest BCUT2D eigenvalue weighted by Crippen LogP contribution is 2.11. The Morgan fingerprint density at radius 3 is 2.57 bits per heavy atom. The second-order valence-electron chi connectivity index (χ2n) is 5.60. The van der Waals surface area contributed by atoms with E-state index in [0.717, 1.165) is 10.4 Å². The van der Waals surface area contributed by atoms with Crippen molar-refractivity contribution in [3.8, 4) is 11.4 Å². The van der Waals surface area contributed by atoms with Crippen LogP contribution in [-0.2, 0) is 16.1 Å². The summed E-state index contributed by atoms with van der Waals surface area (Å²) in [5, 5.41) is 23.4. The van der Waals surface area contributed by atoms with Crippen molar-refractivity contribution in [2.75, 3.05) is 0 Å². The average molecular weight is 317 g/mol. The minimum atomic E-state index is -1.05. The summed E-state index contributed by atoms with van der Waals surface area (Å²) >= 11 is 0. The Morgan fingerprint density at radius 1 is 1.26 bits per heavy atom. The van der Waals surface area contributed by atoms with Crippen molar-refractivity contribution >= 4 is 11.9 Å². The van der Waals surface area contributed by atoms with Gasteiger partial charge in [-0.15, -0.1) is 10.2 Å². The van der Waals surface area contributed by atoms with Crippen LogP contribution in [0.3, 0.4) is 0 Å². The van der Waals surface area contributed by atoms with Crippen molar-refractivity contribution in [3.05, 3.63) is 30.3 Å². The van der Waals surface area contributed by atoms with Crippen molar-refractivity contribution in [2.24, 2.45) is 5.92 Å². The van der Waals surface area contributed by atoms with Crippen LogP contribution in [0, 0.1) is 5.92 Å². The molecule has 0 aliphatic heterocycles. The van der Waals surface area contributed by atoms with E-state index in [0.29, 0.717) is 12.2 Å². The van der Waals surface area contributed by atoms with Crippen molar-refractivity contribution in [1.29, 1.82) is 0 Å². The highest BCUT2D eigenvalue weighted by atomic mass is 16.4. The van der Waals surface area contributed by atoms with Gasteiger partial charge in [-0.1, -0.05) is 44.2 Å². The number of nitrogens with one attached hydrogen (secondary N) is 1. The van der Waals surface area contributed by atoms with Gasteiger partial charge in [-0.3, -0.25) is 4.79 Å². The number of carboxylic acid groups (broad SMARTS) is 1. The Morgan fingerprint density at radius 2 is 1.96 bits per heavy atom. The van der Waals surface area contributed by atoms with E-state index in [1.54, 1.807) is 0 Å². The number of tetrazole rings is 1. The maximum Gasteiger partial charge on any atom is 0.326 e. The van der Waals surface area contributed by atoms with Gasteiger partial charge in [0.15, 0.2) is 0 Å². The minimum absolute atomic E-state index is 0.158. The first-order valence-corrected chi connectivity index (χ1v) is 7.31. The lowest BCUT2D eigenvalue weighted by atomic mass is 10.0. The van der Waals surface area contributed by atoms with Gasteiger partial charge < -0.3 is 10.4 Å². The van der Waals surface area contributed by atoms with Crippen LogP contribution < -0.4 is 5.32 Å². The number of carboxylic acids is 1. The molecule has 1 atom stereocenters. The number of carbonyl (C=O) groups excluding carboxylic acids is 1. The molecule has 0 fully saturated rings. The number of aromatic nitrogens is 4. The standard InChI is InChI=1S/C15H19N5O3/c1-10(2)8-12(15(22)23)16-13(21)9-20-18-14(17-19-20)11-6-4-3-5-7-11/h3-7,10,12H,8-9H2,1-2H3,(H,16,21)(H,22,23)/t12-/m0/s1. The molecule has 0 bridgehead atoms. The summed E-state index contributed by atoms with van der Waals surface area (Å²) < 4.78 is 0. The lowest BCUT2D eigenvalue weighted by molar-refractivity contribution is -0.142. The van der Waals surface area contributed by atoms with Crippen LogP contribution in [0.5, 0.6) is 0 Å². The van der Waals surface area contributed by atoms with E-state index in [1.807, 2.05) is 44.2 Å². The Kier molecular flexibility index (Phi) is 5.40. The SMILES string of the molecule is CC(C)C[C@H](NC(=O)Cn1nnc(-c2ccccc2)n1)C(=O)O. The molecule has 0 aliphatic carbocycles. The maximum atomic E-state index is 12.0. The van der Waals surface area contributed by atoms with E-state index in [1.165, 1.54) is 0 Å². The van der Waals surface area contributed by atoms with Gasteiger partial charge in [0.05, 0.1) is 0 Å². The number of carbonyl (C=O) groups is 2. The fourth-order valence-corrected chi connectivity index (χ4v) is 2.07. The number of aliphatic carboxylic acids is 1. The molecule has 2 rings (SSSR count). The van der Waals surface area contributed by atoms with Crippen LogP contribution in [-0.4, -0.2) is 43.2 Å². The van der Waals surface area contributed by atoms with Crippen molar-refractivity contribution in [3.63, 3.8) is 0 Å². The third kappa shape index (κ3) is 4.87. The van der Waals surface area contributed by atoms with Gasteiger partial charge in [-0.25, -0.2) is 4.79 Å². The molecule has 0 aliphatic rings. The van der Waals surface area contributed by atoms with Crippen LogP contribution in [0.25, 0.3) is 11.4 Å². The molecule has 0 radical (unpaired) electrons. The lowest BCUT2D eigenvalue weighted by Gasteiger charge is -2.16. The number of rotatable bonds is 7. The van der Waals surface area contributed by atoms with Crippen LogP contribution in [0.4, 0.5) is 0 Å². The molecular weight excluding hydrogens is 298 g/mol. The number of hydrogen-bond acceptors (Lipinski definition) is 5. The van der Waals surface area contributed by atoms with Gasteiger partial charge in [0.1, 0.15) is 12.6 Å². The summed E-state index contributed by atoms with van der Waals surface area (Å²) in [6, 6.07) is 8.34. The van der Waals surface area contributed by atoms with E-state index in [4.69, 9.17) is 5.11 Å². The predicted octanol–water partition coefficient (Wildman–Crippen LogP) is 0.956. The highest BCUT2D eigenvalue weighted by molar-refractivity contribution is 5.83. The molecule has 2 N–H and O–H groups in total. The van der Waals surface area contributed by atoms with Gasteiger partial charge in [0.2, 0.25) is 11.7 Å². The summed E-state index contributed by atoms with van der Waals surface area (Å²) in [5.41, 5.74) is 0.794. The quantitative estimate of drug-likeness (QED) is 0.787. The van der Waals surface area contributed by atoms with Crippen LogP contribution in [0.1, 0.15) is 20.3 Å². The normalized spacial score (nSPS) is 12.1. The third-order valence-electron chi connectivity index (χ3n) is 3.11. The largest absolute Gasteiger partial charge is 0.480 e. The Bertz CT molecular complexity index is 669. The Labute approximate surface area is 133 Å². The van der Waals surface area contributed by atoms with Gasteiger partial charge in [-0.05, 0) is 17.6 Å². The number of hydrogen-bond donors (Lipinski definition) is 2. The fraction of sp³-hybridized carbons (Fsp3) is 0.400. The first kappa shape index (κ1) is 16.6. The summed E-state index contributed by atoms with van der Waals surface area (Å²) in [4.78, 5) is 24.2. The zero-order valence-electron chi connectivity index (χ0n) is 13.0. The molecule has 1 aromatic carbocycles. The number of benzene rings is 1. The van der Waals surface area contributed by atoms with E-state index in [-0.39, 0.29) is 12.5 Å². The molecule has 2 aromatic rings. The Balaban J connectivity index is 1.98. The molecule has 0 spiro atoms. The summed E-state index contributed by atoms with van der Waals surface area (Å²) in [7, 11) is 0. The van der Waals surface area contributed by atoms with E-state index >= 15 is 0 Å². The van der Waals surface area contributed by atoms with Crippen LogP contribution in [0.2, 0.25) is 0 Å². The molecule has 8 heteroatoms. The van der Waals surface area contributed by atoms with Crippen molar-refractivity contribution in [1.82, 2.24) is 25.5 Å². The predicted molar refractivity (Wildman–Crippen MR) is 82.3 cm³/mol. The first-order valence-electron chi connectivity index (χ1n) is 7.31. The topological polar surface area (TPSA) is 110 Å². The monoisotopic (exact) mass is 317 g/mol. The lowest BCUT2D eigenvalue weighted by Crippen LogP contribution is -2.43. The number of nitrogens with zero attached hydrogens (tertiary/aromatic N) is 4. The maximum absolute atomic E-state index is 12.0. The van der Waals surface area contributed by atoms with Gasteiger partial charge in [0, 0.05) is 5.56 Å². The third-order valence-corrected chi connectivity index (χ3v) is 3.11. The molecule has 23 heavy (non-hydrogen) atoms. The van der Waals surface area contributed by atoms with Gasteiger partial charge in [-0.2, -0.15) is 4.80 Å². The average Bonchev–Trinajstić information content (AvgIpc) is 2.95. The molecule has 0 saturated heterocycles. The second-order valence-corrected chi connectivity index (χ2v) is 5.60. The number of amides is 1. The smallest absolute Gasteiger partial charge is 0.326 e. The molecule has 1 aromatic heterocycles. The molecule has 8 nitrogen and oxygen atoms in total. The van der Waals surface area contributed by atoms with Crippen molar-refractivity contribution < 1.29 is 14.7 Å². The zero-order valence-corrected chi connectivity index (χ0v) is 13.0. The Hall–Kier alpha value is -2.77. The highest BCUT2D eigenvalue weighted by Gasteiger charge is 2.21. The fourth-order valence-electron chi connectivity index (χ4n) is 2.07. The second kappa shape index (κ2) is 7.48.